The van der Waals surface area contributed by atoms with Crippen molar-refractivity contribution < 1.29 is 8.83 Å². The maximum Gasteiger partial charge on any atom is 0.263 e. The average Bonchev–Trinajstić information content (AvgIpc) is 3.97. The van der Waals surface area contributed by atoms with Crippen LogP contribution in [0.5, 0.6) is 0 Å². The van der Waals surface area contributed by atoms with Crippen molar-refractivity contribution in [3.8, 4) is 39.1 Å². The lowest BCUT2D eigenvalue weighted by molar-refractivity contribution is 0.591. The van der Waals surface area contributed by atoms with Crippen LogP contribution in [0.25, 0.3) is 121 Å². The molecule has 10 aromatic carbocycles. The molecule has 0 amide bonds. The molecule has 0 N–H and O–H groups in total. The first kappa shape index (κ1) is 37.6. The molecule has 0 saturated heterocycles. The number of hydrogen-bond donors (Lipinski definition) is 0. The lowest BCUT2D eigenvalue weighted by atomic mass is 9.83. The fraction of sp³-hybridized carbons (Fsp3) is 0.0317. The summed E-state index contributed by atoms with van der Waals surface area (Å²) in [6, 6.07) is 72.4. The van der Waals surface area contributed by atoms with E-state index in [1.165, 1.54) is 16.5 Å². The smallest absolute Gasteiger partial charge is 0.263 e. The Hall–Kier alpha value is -8.73. The van der Waals surface area contributed by atoms with Crippen LogP contribution >= 0.6 is 0 Å². The summed E-state index contributed by atoms with van der Waals surface area (Å²) < 4.78 is 15.3. The van der Waals surface area contributed by atoms with E-state index in [0.29, 0.717) is 5.39 Å². The van der Waals surface area contributed by atoms with Crippen LogP contribution in [0.1, 0.15) is 23.3 Å². The third kappa shape index (κ3) is 5.69. The summed E-state index contributed by atoms with van der Waals surface area (Å²) in [6.07, 6.45) is 4.22. The molecule has 0 radical (unpaired) electrons. The number of aromatic nitrogens is 1. The Balaban J connectivity index is 0.997. The van der Waals surface area contributed by atoms with Gasteiger partial charge in [0.25, 0.3) is 5.56 Å². The van der Waals surface area contributed by atoms with Crippen molar-refractivity contribution in [3.63, 3.8) is 0 Å². The summed E-state index contributed by atoms with van der Waals surface area (Å²) in [5.41, 5.74) is 14.5. The second-order valence-electron chi connectivity index (χ2n) is 17.7. The Morgan fingerprint density at radius 3 is 1.66 bits per heavy atom. The predicted octanol–water partition coefficient (Wildman–Crippen LogP) is 16.5. The number of rotatable bonds is 5. The van der Waals surface area contributed by atoms with Crippen LogP contribution in [0.3, 0.4) is 0 Å². The normalized spacial score (nSPS) is 12.8. The zero-order valence-electron chi connectivity index (χ0n) is 36.3. The Morgan fingerprint density at radius 1 is 0.403 bits per heavy atom. The molecule has 4 nitrogen and oxygen atoms in total. The molecular formula is C63H39NO3. The van der Waals surface area contributed by atoms with Crippen molar-refractivity contribution >= 4 is 81.7 Å². The number of allylic oxidation sites excluding steroid dienone is 1. The lowest BCUT2D eigenvalue weighted by Gasteiger charge is -2.20. The van der Waals surface area contributed by atoms with Crippen LogP contribution in [-0.4, -0.2) is 4.57 Å². The zero-order valence-corrected chi connectivity index (χ0v) is 36.3. The fourth-order valence-corrected chi connectivity index (χ4v) is 11.1. The summed E-state index contributed by atoms with van der Waals surface area (Å²) in [4.78, 5) is 14.2. The van der Waals surface area contributed by atoms with Gasteiger partial charge in [-0.3, -0.25) is 9.36 Å². The first-order valence-corrected chi connectivity index (χ1v) is 23.0. The van der Waals surface area contributed by atoms with Crippen LogP contribution in [0.2, 0.25) is 0 Å². The number of pyridine rings is 1. The monoisotopic (exact) mass is 857 g/mol. The molecule has 0 fully saturated rings. The molecule has 314 valence electrons. The zero-order chi connectivity index (χ0) is 44.2. The molecule has 13 aromatic rings. The minimum absolute atomic E-state index is 0.0269. The summed E-state index contributed by atoms with van der Waals surface area (Å²) in [6.45, 7) is 0. The van der Waals surface area contributed by atoms with Gasteiger partial charge in [-0.25, -0.2) is 0 Å². The van der Waals surface area contributed by atoms with Crippen LogP contribution in [0.4, 0.5) is 0 Å². The summed E-state index contributed by atoms with van der Waals surface area (Å²) >= 11 is 0. The molecular weight excluding hydrogens is 819 g/mol. The maximum atomic E-state index is 14.2. The summed E-state index contributed by atoms with van der Waals surface area (Å²) in [5.74, 6) is 0.949. The molecule has 0 saturated carbocycles. The lowest BCUT2D eigenvalue weighted by Crippen LogP contribution is -2.19. The number of furan rings is 2. The molecule has 0 bridgehead atoms. The molecule has 0 unspecified atom stereocenters. The van der Waals surface area contributed by atoms with Gasteiger partial charge in [-0.2, -0.15) is 0 Å². The van der Waals surface area contributed by atoms with E-state index in [2.05, 4.69) is 164 Å². The third-order valence-electron chi connectivity index (χ3n) is 14.1. The van der Waals surface area contributed by atoms with Gasteiger partial charge in [-0.1, -0.05) is 158 Å². The number of benzene rings is 10. The molecule has 3 aromatic heterocycles. The van der Waals surface area contributed by atoms with E-state index in [-0.39, 0.29) is 5.56 Å². The molecule has 1 aliphatic rings. The van der Waals surface area contributed by atoms with E-state index < -0.39 is 0 Å². The number of fused-ring (bicyclic) bond motifs is 11. The minimum atomic E-state index is -0.0269. The van der Waals surface area contributed by atoms with E-state index in [4.69, 9.17) is 8.83 Å². The average molecular weight is 858 g/mol. The fourth-order valence-electron chi connectivity index (χ4n) is 11.1. The quantitative estimate of drug-likeness (QED) is 0.128. The second kappa shape index (κ2) is 14.6. The van der Waals surface area contributed by atoms with Gasteiger partial charge < -0.3 is 8.83 Å². The highest BCUT2D eigenvalue weighted by molar-refractivity contribution is 6.22. The first-order valence-electron chi connectivity index (χ1n) is 23.0. The van der Waals surface area contributed by atoms with Gasteiger partial charge >= 0.3 is 0 Å². The number of nitrogens with zero attached hydrogens (tertiary/aromatic N) is 1. The predicted molar refractivity (Wildman–Crippen MR) is 277 cm³/mol. The molecule has 0 atom stereocenters. The molecule has 0 aliphatic heterocycles. The highest BCUT2D eigenvalue weighted by Gasteiger charge is 2.25. The summed E-state index contributed by atoms with van der Waals surface area (Å²) in [7, 11) is 0. The van der Waals surface area contributed by atoms with Gasteiger partial charge in [0.2, 0.25) is 0 Å². The number of hydrogen-bond acceptors (Lipinski definition) is 3. The molecule has 3 heterocycles. The molecule has 67 heavy (non-hydrogen) atoms. The third-order valence-corrected chi connectivity index (χ3v) is 14.1. The Bertz CT molecular complexity index is 4240. The van der Waals surface area contributed by atoms with Gasteiger partial charge in [0.15, 0.2) is 0 Å². The highest BCUT2D eigenvalue weighted by Crippen LogP contribution is 2.47. The van der Waals surface area contributed by atoms with Gasteiger partial charge in [-0.05, 0) is 128 Å². The first-order chi connectivity index (χ1) is 33.2. The van der Waals surface area contributed by atoms with E-state index in [9.17, 15) is 4.79 Å². The summed E-state index contributed by atoms with van der Waals surface area (Å²) in [5, 5.41) is 10.7. The Labute approximate surface area is 384 Å². The second-order valence-corrected chi connectivity index (χ2v) is 17.7. The van der Waals surface area contributed by atoms with Crippen LogP contribution in [0.15, 0.2) is 226 Å². The van der Waals surface area contributed by atoms with Gasteiger partial charge in [0.05, 0.1) is 5.52 Å². The largest absolute Gasteiger partial charge is 0.456 e. The van der Waals surface area contributed by atoms with Gasteiger partial charge in [-0.15, -0.1) is 0 Å². The Kier molecular flexibility index (Phi) is 8.22. The van der Waals surface area contributed by atoms with Crippen molar-refractivity contribution in [3.05, 3.63) is 240 Å². The molecule has 4 heteroatoms. The van der Waals surface area contributed by atoms with E-state index >= 15 is 0 Å². The minimum Gasteiger partial charge on any atom is -0.456 e. The van der Waals surface area contributed by atoms with E-state index in [1.807, 2.05) is 53.1 Å². The van der Waals surface area contributed by atoms with Crippen LogP contribution in [0, 0.1) is 0 Å². The molecule has 1 aliphatic carbocycles. The van der Waals surface area contributed by atoms with Crippen molar-refractivity contribution in [1.29, 1.82) is 0 Å². The number of para-hydroxylation sites is 4. The van der Waals surface area contributed by atoms with E-state index in [0.717, 1.165) is 129 Å². The standard InChI is InChI=1S/C63H39NO3/c65-63-55-23-6-1-15-45(55)46-16-7-10-28-56(46)64(63)42-33-31-38(32-34-42)59-49-19-2-4-21-51(49)60(52-22-5-3-20-50(52)59)41-36-39(43-24-13-26-53-47-17-8-11-29-57(47)66-61(43)53)35-40(37-41)44-25-14-27-54-48-18-9-12-30-58(48)67-62(44)54/h1-13,15-26,28-37H,14,27H2. The van der Waals surface area contributed by atoms with Crippen molar-refractivity contribution in [1.82, 2.24) is 4.57 Å². The van der Waals surface area contributed by atoms with Crippen molar-refractivity contribution in [2.24, 2.45) is 0 Å². The molecule has 14 rings (SSSR count). The Morgan fingerprint density at radius 2 is 0.940 bits per heavy atom. The SMILES string of the molecule is O=c1c2ccccc2c2ccccc2n1-c1ccc(-c2c3ccccc3c(-c3cc(C4=CCCc5c4oc4ccccc54)cc(-c4cccc5c4oc4ccccc45)c3)c3ccccc23)cc1. The topological polar surface area (TPSA) is 48.3 Å². The van der Waals surface area contributed by atoms with Gasteiger partial charge in [0.1, 0.15) is 22.5 Å². The van der Waals surface area contributed by atoms with Gasteiger partial charge in [0, 0.05) is 49.3 Å². The van der Waals surface area contributed by atoms with Crippen molar-refractivity contribution in [2.75, 3.05) is 0 Å². The highest BCUT2D eigenvalue weighted by atomic mass is 16.3. The van der Waals surface area contributed by atoms with Crippen molar-refractivity contribution in [2.45, 2.75) is 12.8 Å². The maximum absolute atomic E-state index is 14.2. The van der Waals surface area contributed by atoms with Crippen LogP contribution < -0.4 is 5.56 Å². The number of aryl methyl sites for hydroxylation is 1. The molecule has 0 spiro atoms. The van der Waals surface area contributed by atoms with E-state index in [1.54, 1.807) is 0 Å². The van der Waals surface area contributed by atoms with Crippen LogP contribution in [-0.2, 0) is 6.42 Å².